The molecule has 2 aromatic rings. The predicted octanol–water partition coefficient (Wildman–Crippen LogP) is 3.73. The molecule has 0 saturated carbocycles. The molecular formula is C21H24FN3O2. The topological polar surface area (TPSA) is 61.4 Å². The van der Waals surface area contributed by atoms with Gasteiger partial charge in [0.2, 0.25) is 5.91 Å². The molecule has 1 heterocycles. The largest absolute Gasteiger partial charge is 0.378 e. The van der Waals surface area contributed by atoms with Gasteiger partial charge in [-0.05, 0) is 49.4 Å². The molecular weight excluding hydrogens is 345 g/mol. The number of nitrogens with one attached hydrogen (secondary N) is 2. The summed E-state index contributed by atoms with van der Waals surface area (Å²) in [6.45, 7) is 5.58. The first-order valence-electron chi connectivity index (χ1n) is 9.01. The predicted molar refractivity (Wildman–Crippen MR) is 104 cm³/mol. The Morgan fingerprint density at radius 2 is 1.74 bits per heavy atom. The van der Waals surface area contributed by atoms with E-state index in [0.29, 0.717) is 5.56 Å². The van der Waals surface area contributed by atoms with Gasteiger partial charge in [0.05, 0.1) is 6.04 Å². The van der Waals surface area contributed by atoms with Crippen LogP contribution in [0.2, 0.25) is 0 Å². The minimum absolute atomic E-state index is 0.0388. The Morgan fingerprint density at radius 1 is 1.07 bits per heavy atom. The number of anilines is 2. The number of carbonyl (C=O) groups is 2. The van der Waals surface area contributed by atoms with E-state index in [-0.39, 0.29) is 35.6 Å². The second-order valence-corrected chi connectivity index (χ2v) is 6.97. The molecule has 5 nitrogen and oxygen atoms in total. The SMILES string of the molecule is CNC(=O)c1ccc(NC2c3cc(F)ccc3N(C(C)=O)C(C)C2C)cc1. The molecule has 0 aromatic heterocycles. The number of rotatable bonds is 3. The van der Waals surface area contributed by atoms with E-state index in [4.69, 9.17) is 0 Å². The minimum Gasteiger partial charge on any atom is -0.378 e. The lowest BCUT2D eigenvalue weighted by molar-refractivity contribution is -0.117. The minimum atomic E-state index is -0.333. The quantitative estimate of drug-likeness (QED) is 0.867. The number of amides is 2. The normalized spacial score (nSPS) is 21.4. The van der Waals surface area contributed by atoms with Gasteiger partial charge < -0.3 is 15.5 Å². The zero-order valence-electron chi connectivity index (χ0n) is 15.9. The fourth-order valence-corrected chi connectivity index (χ4v) is 3.72. The number of halogens is 1. The van der Waals surface area contributed by atoms with E-state index in [0.717, 1.165) is 16.9 Å². The molecule has 27 heavy (non-hydrogen) atoms. The van der Waals surface area contributed by atoms with E-state index in [9.17, 15) is 14.0 Å². The van der Waals surface area contributed by atoms with Gasteiger partial charge in [0.25, 0.3) is 5.91 Å². The molecule has 0 spiro atoms. The van der Waals surface area contributed by atoms with Crippen LogP contribution in [-0.4, -0.2) is 24.9 Å². The third kappa shape index (κ3) is 3.52. The second-order valence-electron chi connectivity index (χ2n) is 6.97. The van der Waals surface area contributed by atoms with Crippen LogP contribution in [0.1, 0.15) is 42.7 Å². The van der Waals surface area contributed by atoms with Crippen molar-refractivity contribution in [2.75, 3.05) is 17.3 Å². The third-order valence-corrected chi connectivity index (χ3v) is 5.31. The van der Waals surface area contributed by atoms with Gasteiger partial charge in [-0.2, -0.15) is 0 Å². The molecule has 0 saturated heterocycles. The van der Waals surface area contributed by atoms with Gasteiger partial charge in [-0.1, -0.05) is 6.92 Å². The van der Waals surface area contributed by atoms with E-state index < -0.39 is 0 Å². The Kier molecular flexibility index (Phi) is 5.17. The lowest BCUT2D eigenvalue weighted by Gasteiger charge is -2.44. The summed E-state index contributed by atoms with van der Waals surface area (Å²) >= 11 is 0. The van der Waals surface area contributed by atoms with Crippen molar-refractivity contribution in [1.29, 1.82) is 0 Å². The summed E-state index contributed by atoms with van der Waals surface area (Å²) in [6.07, 6.45) is 0. The summed E-state index contributed by atoms with van der Waals surface area (Å²) in [5.41, 5.74) is 2.89. The van der Waals surface area contributed by atoms with Crippen molar-refractivity contribution in [2.45, 2.75) is 32.9 Å². The summed E-state index contributed by atoms with van der Waals surface area (Å²) < 4.78 is 14.0. The zero-order chi connectivity index (χ0) is 19.7. The Hall–Kier alpha value is -2.89. The summed E-state index contributed by atoms with van der Waals surface area (Å²) in [7, 11) is 1.59. The molecule has 2 N–H and O–H groups in total. The highest BCUT2D eigenvalue weighted by atomic mass is 19.1. The van der Waals surface area contributed by atoms with Gasteiger partial charge in [-0.15, -0.1) is 0 Å². The molecule has 6 heteroatoms. The van der Waals surface area contributed by atoms with E-state index in [1.165, 1.54) is 19.1 Å². The van der Waals surface area contributed by atoms with Crippen LogP contribution < -0.4 is 15.5 Å². The maximum atomic E-state index is 14.0. The highest BCUT2D eigenvalue weighted by molar-refractivity contribution is 5.95. The Bertz CT molecular complexity index is 866. The molecule has 142 valence electrons. The Morgan fingerprint density at radius 3 is 2.33 bits per heavy atom. The monoisotopic (exact) mass is 369 g/mol. The number of hydrogen-bond donors (Lipinski definition) is 2. The first-order chi connectivity index (χ1) is 12.8. The van der Waals surface area contributed by atoms with E-state index in [1.807, 2.05) is 26.0 Å². The van der Waals surface area contributed by atoms with Crippen molar-refractivity contribution in [3.8, 4) is 0 Å². The highest BCUT2D eigenvalue weighted by Gasteiger charge is 2.38. The molecule has 0 aliphatic carbocycles. The van der Waals surface area contributed by atoms with Crippen molar-refractivity contribution in [2.24, 2.45) is 5.92 Å². The summed E-state index contributed by atoms with van der Waals surface area (Å²) in [5, 5.41) is 6.04. The van der Waals surface area contributed by atoms with Crippen LogP contribution in [0.3, 0.4) is 0 Å². The summed E-state index contributed by atoms with van der Waals surface area (Å²) in [6, 6.07) is 11.5. The summed E-state index contributed by atoms with van der Waals surface area (Å²) in [5.74, 6) is -0.483. The van der Waals surface area contributed by atoms with Gasteiger partial charge in [-0.3, -0.25) is 9.59 Å². The lowest BCUT2D eigenvalue weighted by atomic mass is 9.82. The van der Waals surface area contributed by atoms with E-state index in [1.54, 1.807) is 30.1 Å². The molecule has 3 atom stereocenters. The van der Waals surface area contributed by atoms with Crippen LogP contribution in [0, 0.1) is 11.7 Å². The second kappa shape index (κ2) is 7.39. The van der Waals surface area contributed by atoms with E-state index >= 15 is 0 Å². The fourth-order valence-electron chi connectivity index (χ4n) is 3.72. The van der Waals surface area contributed by atoms with Crippen molar-refractivity contribution in [3.63, 3.8) is 0 Å². The van der Waals surface area contributed by atoms with Crippen LogP contribution in [0.5, 0.6) is 0 Å². The molecule has 0 radical (unpaired) electrons. The summed E-state index contributed by atoms with van der Waals surface area (Å²) in [4.78, 5) is 25.6. The molecule has 0 fully saturated rings. The lowest BCUT2D eigenvalue weighted by Crippen LogP contribution is -2.48. The third-order valence-electron chi connectivity index (χ3n) is 5.31. The van der Waals surface area contributed by atoms with E-state index in [2.05, 4.69) is 10.6 Å². The van der Waals surface area contributed by atoms with Gasteiger partial charge in [0.15, 0.2) is 0 Å². The van der Waals surface area contributed by atoms with Crippen LogP contribution >= 0.6 is 0 Å². The zero-order valence-corrected chi connectivity index (χ0v) is 15.9. The van der Waals surface area contributed by atoms with Gasteiger partial charge in [0.1, 0.15) is 5.82 Å². The van der Waals surface area contributed by atoms with Gasteiger partial charge in [-0.25, -0.2) is 4.39 Å². The van der Waals surface area contributed by atoms with Gasteiger partial charge >= 0.3 is 0 Å². The van der Waals surface area contributed by atoms with Crippen molar-refractivity contribution in [3.05, 3.63) is 59.4 Å². The maximum Gasteiger partial charge on any atom is 0.251 e. The molecule has 0 bridgehead atoms. The van der Waals surface area contributed by atoms with Crippen molar-refractivity contribution >= 4 is 23.2 Å². The van der Waals surface area contributed by atoms with Crippen molar-refractivity contribution < 1.29 is 14.0 Å². The first kappa shape index (κ1) is 18.9. The Balaban J connectivity index is 1.97. The standard InChI is InChI=1S/C21H24FN3O2/c1-12-13(2)25(14(3)26)19-10-7-16(22)11-18(19)20(12)24-17-8-5-15(6-9-17)21(27)23-4/h5-13,20,24H,1-4H3,(H,23,27). The molecule has 3 rings (SSSR count). The molecule has 3 unspecified atom stereocenters. The van der Waals surface area contributed by atoms with Crippen LogP contribution in [0.25, 0.3) is 0 Å². The molecule has 2 amide bonds. The van der Waals surface area contributed by atoms with Crippen LogP contribution in [0.4, 0.5) is 15.8 Å². The smallest absolute Gasteiger partial charge is 0.251 e. The van der Waals surface area contributed by atoms with Crippen LogP contribution in [-0.2, 0) is 4.79 Å². The van der Waals surface area contributed by atoms with Gasteiger partial charge in [0, 0.05) is 48.4 Å². The molecule has 2 aromatic carbocycles. The van der Waals surface area contributed by atoms with Crippen LogP contribution in [0.15, 0.2) is 42.5 Å². The average Bonchev–Trinajstić information content (AvgIpc) is 2.65. The fraction of sp³-hybridized carbons (Fsp3) is 0.333. The number of fused-ring (bicyclic) bond motifs is 1. The molecule has 1 aliphatic rings. The number of hydrogen-bond acceptors (Lipinski definition) is 3. The number of benzene rings is 2. The van der Waals surface area contributed by atoms with Crippen molar-refractivity contribution in [1.82, 2.24) is 5.32 Å². The first-order valence-corrected chi connectivity index (χ1v) is 9.01. The maximum absolute atomic E-state index is 14.0. The highest BCUT2D eigenvalue weighted by Crippen LogP contribution is 2.42. The Labute approximate surface area is 158 Å². The average molecular weight is 369 g/mol. The molecule has 1 aliphatic heterocycles. The number of carbonyl (C=O) groups excluding carboxylic acids is 2. The number of nitrogens with zero attached hydrogens (tertiary/aromatic N) is 1.